The van der Waals surface area contributed by atoms with E-state index in [4.69, 9.17) is 5.73 Å². The Balaban J connectivity index is 2.03. The Morgan fingerprint density at radius 3 is 2.67 bits per heavy atom. The third-order valence-corrected chi connectivity index (χ3v) is 4.71. The molecule has 2 rings (SSSR count). The lowest BCUT2D eigenvalue weighted by atomic mass is 9.79. The number of hydrogen-bond acceptors (Lipinski definition) is 2. The highest BCUT2D eigenvalue weighted by Crippen LogP contribution is 2.35. The lowest BCUT2D eigenvalue weighted by molar-refractivity contribution is -0.134. The van der Waals surface area contributed by atoms with Crippen LogP contribution in [-0.2, 0) is 4.79 Å². The molecule has 0 radical (unpaired) electrons. The molecule has 116 valence electrons. The summed E-state index contributed by atoms with van der Waals surface area (Å²) in [7, 11) is 0. The van der Waals surface area contributed by atoms with Gasteiger partial charge in [0.25, 0.3) is 0 Å². The van der Waals surface area contributed by atoms with Gasteiger partial charge in [-0.05, 0) is 30.2 Å². The van der Waals surface area contributed by atoms with Crippen LogP contribution in [0.5, 0.6) is 0 Å². The molecular weight excluding hydrogens is 260 g/mol. The largest absolute Gasteiger partial charge is 0.341 e. The van der Waals surface area contributed by atoms with Crippen LogP contribution in [0.25, 0.3) is 0 Å². The van der Waals surface area contributed by atoms with Crippen LogP contribution in [0.2, 0.25) is 0 Å². The van der Waals surface area contributed by atoms with Gasteiger partial charge in [-0.1, -0.05) is 57.0 Å². The van der Waals surface area contributed by atoms with Crippen LogP contribution < -0.4 is 5.73 Å². The third kappa shape index (κ3) is 3.85. The molecule has 1 heterocycles. The van der Waals surface area contributed by atoms with E-state index in [0.717, 1.165) is 38.8 Å². The van der Waals surface area contributed by atoms with Crippen LogP contribution in [0, 0.1) is 5.92 Å². The molecule has 2 N–H and O–H groups in total. The number of likely N-dealkylation sites (tertiary alicyclic amines) is 1. The van der Waals surface area contributed by atoms with E-state index in [1.165, 1.54) is 5.56 Å². The van der Waals surface area contributed by atoms with Crippen molar-refractivity contribution in [2.75, 3.05) is 13.1 Å². The zero-order chi connectivity index (χ0) is 15.2. The molecule has 21 heavy (non-hydrogen) atoms. The van der Waals surface area contributed by atoms with Gasteiger partial charge in [-0.3, -0.25) is 4.79 Å². The maximum Gasteiger partial charge on any atom is 0.239 e. The van der Waals surface area contributed by atoms with Gasteiger partial charge in [0.1, 0.15) is 0 Å². The standard InChI is InChI=1S/C18H28N2O/c1-3-8-17(19)18(21)20-12-11-16(14(4-2)13-20)15-9-6-5-7-10-15/h5-7,9-10,14,16-17H,3-4,8,11-13,19H2,1-2H3. The summed E-state index contributed by atoms with van der Waals surface area (Å²) >= 11 is 0. The second kappa shape index (κ2) is 7.60. The summed E-state index contributed by atoms with van der Waals surface area (Å²) in [5, 5.41) is 0. The summed E-state index contributed by atoms with van der Waals surface area (Å²) in [6.45, 7) is 5.99. The molecule has 1 aliphatic heterocycles. The van der Waals surface area contributed by atoms with Gasteiger partial charge in [0, 0.05) is 13.1 Å². The number of hydrogen-bond donors (Lipinski definition) is 1. The summed E-state index contributed by atoms with van der Waals surface area (Å²) in [4.78, 5) is 14.4. The highest BCUT2D eigenvalue weighted by atomic mass is 16.2. The van der Waals surface area contributed by atoms with Crippen LogP contribution in [-0.4, -0.2) is 29.9 Å². The molecule has 0 aromatic heterocycles. The fourth-order valence-corrected chi connectivity index (χ4v) is 3.45. The maximum absolute atomic E-state index is 12.4. The van der Waals surface area contributed by atoms with Crippen LogP contribution in [0.4, 0.5) is 0 Å². The Morgan fingerprint density at radius 2 is 2.05 bits per heavy atom. The highest BCUT2D eigenvalue weighted by Gasteiger charge is 2.32. The van der Waals surface area contributed by atoms with Crippen molar-refractivity contribution in [3.05, 3.63) is 35.9 Å². The van der Waals surface area contributed by atoms with Gasteiger partial charge in [0.15, 0.2) is 0 Å². The molecule has 3 atom stereocenters. The summed E-state index contributed by atoms with van der Waals surface area (Å²) in [6.07, 6.45) is 3.90. The fraction of sp³-hybridized carbons (Fsp3) is 0.611. The Labute approximate surface area is 128 Å². The Kier molecular flexibility index (Phi) is 5.80. The van der Waals surface area contributed by atoms with Gasteiger partial charge in [0.2, 0.25) is 5.91 Å². The second-order valence-corrected chi connectivity index (χ2v) is 6.15. The first-order valence-electron chi connectivity index (χ1n) is 8.26. The summed E-state index contributed by atoms with van der Waals surface area (Å²) in [5.74, 6) is 1.25. The van der Waals surface area contributed by atoms with Crippen molar-refractivity contribution in [1.82, 2.24) is 4.90 Å². The fourth-order valence-electron chi connectivity index (χ4n) is 3.45. The van der Waals surface area contributed by atoms with E-state index >= 15 is 0 Å². The molecule has 3 unspecified atom stereocenters. The van der Waals surface area contributed by atoms with Gasteiger partial charge in [-0.2, -0.15) is 0 Å². The first-order chi connectivity index (χ1) is 10.2. The lowest BCUT2D eigenvalue weighted by Crippen LogP contribution is -2.49. The van der Waals surface area contributed by atoms with Crippen molar-refractivity contribution in [2.24, 2.45) is 11.7 Å². The van der Waals surface area contributed by atoms with Crippen LogP contribution >= 0.6 is 0 Å². The van der Waals surface area contributed by atoms with E-state index in [9.17, 15) is 4.79 Å². The number of nitrogens with zero attached hydrogens (tertiary/aromatic N) is 1. The molecule has 1 amide bonds. The predicted octanol–water partition coefficient (Wildman–Crippen LogP) is 3.16. The predicted molar refractivity (Wildman–Crippen MR) is 87.0 cm³/mol. The summed E-state index contributed by atoms with van der Waals surface area (Å²) in [5.41, 5.74) is 7.41. The molecule has 1 saturated heterocycles. The normalized spacial score (nSPS) is 23.9. The average Bonchev–Trinajstić information content (AvgIpc) is 2.54. The zero-order valence-corrected chi connectivity index (χ0v) is 13.3. The number of carbonyl (C=O) groups is 1. The minimum atomic E-state index is -0.319. The lowest BCUT2D eigenvalue weighted by Gasteiger charge is -2.39. The van der Waals surface area contributed by atoms with Crippen molar-refractivity contribution >= 4 is 5.91 Å². The average molecular weight is 288 g/mol. The number of amides is 1. The van der Waals surface area contributed by atoms with Gasteiger partial charge >= 0.3 is 0 Å². The molecule has 1 aromatic rings. The first-order valence-corrected chi connectivity index (χ1v) is 8.26. The molecule has 0 spiro atoms. The SMILES string of the molecule is CCCC(N)C(=O)N1CCC(c2ccccc2)C(CC)C1. The Morgan fingerprint density at radius 1 is 1.33 bits per heavy atom. The van der Waals surface area contributed by atoms with Gasteiger partial charge in [-0.25, -0.2) is 0 Å². The van der Waals surface area contributed by atoms with Crippen molar-refractivity contribution in [2.45, 2.75) is 51.5 Å². The number of benzene rings is 1. The van der Waals surface area contributed by atoms with E-state index in [-0.39, 0.29) is 11.9 Å². The third-order valence-electron chi connectivity index (χ3n) is 4.71. The maximum atomic E-state index is 12.4. The molecule has 3 heteroatoms. The van der Waals surface area contributed by atoms with Gasteiger partial charge in [-0.15, -0.1) is 0 Å². The smallest absolute Gasteiger partial charge is 0.239 e. The quantitative estimate of drug-likeness (QED) is 0.904. The highest BCUT2D eigenvalue weighted by molar-refractivity contribution is 5.81. The van der Waals surface area contributed by atoms with Crippen LogP contribution in [0.3, 0.4) is 0 Å². The van der Waals surface area contributed by atoms with Gasteiger partial charge in [0.05, 0.1) is 6.04 Å². The van der Waals surface area contributed by atoms with E-state index in [0.29, 0.717) is 11.8 Å². The molecule has 0 aliphatic carbocycles. The minimum absolute atomic E-state index is 0.141. The van der Waals surface area contributed by atoms with E-state index in [1.54, 1.807) is 0 Å². The second-order valence-electron chi connectivity index (χ2n) is 6.15. The monoisotopic (exact) mass is 288 g/mol. The van der Waals surface area contributed by atoms with Crippen LogP contribution in [0.1, 0.15) is 51.0 Å². The Bertz CT molecular complexity index is 446. The summed E-state index contributed by atoms with van der Waals surface area (Å²) in [6, 6.07) is 10.4. The molecule has 3 nitrogen and oxygen atoms in total. The van der Waals surface area contributed by atoms with Crippen LogP contribution in [0.15, 0.2) is 30.3 Å². The van der Waals surface area contributed by atoms with Crippen molar-refractivity contribution in [1.29, 1.82) is 0 Å². The number of piperidine rings is 1. The molecule has 1 aliphatic rings. The molecule has 1 aromatic carbocycles. The van der Waals surface area contributed by atoms with E-state index in [1.807, 2.05) is 4.90 Å². The summed E-state index contributed by atoms with van der Waals surface area (Å²) < 4.78 is 0. The number of carbonyl (C=O) groups excluding carboxylic acids is 1. The van der Waals surface area contributed by atoms with Crippen molar-refractivity contribution in [3.63, 3.8) is 0 Å². The van der Waals surface area contributed by atoms with E-state index in [2.05, 4.69) is 44.2 Å². The zero-order valence-electron chi connectivity index (χ0n) is 13.3. The molecule has 0 saturated carbocycles. The molecule has 0 bridgehead atoms. The topological polar surface area (TPSA) is 46.3 Å². The van der Waals surface area contributed by atoms with Gasteiger partial charge < -0.3 is 10.6 Å². The Hall–Kier alpha value is -1.35. The number of nitrogens with two attached hydrogens (primary N) is 1. The number of rotatable bonds is 5. The minimum Gasteiger partial charge on any atom is -0.341 e. The van der Waals surface area contributed by atoms with Crippen molar-refractivity contribution in [3.8, 4) is 0 Å². The molecule has 1 fully saturated rings. The van der Waals surface area contributed by atoms with Crippen molar-refractivity contribution < 1.29 is 4.79 Å². The first kappa shape index (κ1) is 16.0. The van der Waals surface area contributed by atoms with E-state index < -0.39 is 0 Å². The molecular formula is C18H28N2O.